The normalized spacial score (nSPS) is 11.8. The van der Waals surface area contributed by atoms with Crippen LogP contribution in [0.5, 0.6) is 0 Å². The molecule has 0 aliphatic heterocycles. The van der Waals surface area contributed by atoms with E-state index in [1.165, 1.54) is 0 Å². The molecule has 1 aromatic rings. The first-order valence-corrected chi connectivity index (χ1v) is 5.23. The molecule has 6 heteroatoms. The summed E-state index contributed by atoms with van der Waals surface area (Å²) in [6.45, 7) is 0.406. The van der Waals surface area contributed by atoms with Gasteiger partial charge in [0.1, 0.15) is 6.04 Å². The number of hydrogen-bond donors (Lipinski definition) is 3. The highest BCUT2D eigenvalue weighted by Crippen LogP contribution is 1.98. The molecule has 6 nitrogen and oxygen atoms in total. The Hall–Kier alpha value is -1.95. The number of nitrogens with two attached hydrogens (primary N) is 1. The van der Waals surface area contributed by atoms with Crippen molar-refractivity contribution in [2.45, 2.75) is 25.4 Å². The Morgan fingerprint density at radius 1 is 1.41 bits per heavy atom. The number of nitrogens with zero attached hydrogens (tertiary/aromatic N) is 1. The van der Waals surface area contributed by atoms with E-state index in [0.717, 1.165) is 5.56 Å². The Labute approximate surface area is 98.8 Å². The summed E-state index contributed by atoms with van der Waals surface area (Å²) in [5.41, 5.74) is 6.22. The molecule has 0 saturated heterocycles. The van der Waals surface area contributed by atoms with Crippen molar-refractivity contribution in [1.29, 1.82) is 0 Å². The molecule has 0 aliphatic rings. The molecule has 1 amide bonds. The van der Waals surface area contributed by atoms with Crippen molar-refractivity contribution in [3.63, 3.8) is 0 Å². The highest BCUT2D eigenvalue weighted by Gasteiger charge is 2.13. The van der Waals surface area contributed by atoms with Crippen LogP contribution in [0.15, 0.2) is 24.5 Å². The lowest BCUT2D eigenvalue weighted by molar-refractivity contribution is -0.138. The van der Waals surface area contributed by atoms with Gasteiger partial charge < -0.3 is 16.2 Å². The van der Waals surface area contributed by atoms with Gasteiger partial charge in [0, 0.05) is 25.4 Å². The number of rotatable bonds is 6. The molecule has 0 unspecified atom stereocenters. The lowest BCUT2D eigenvalue weighted by atomic mass is 10.1. The summed E-state index contributed by atoms with van der Waals surface area (Å²) >= 11 is 0. The van der Waals surface area contributed by atoms with Crippen LogP contribution in [0.1, 0.15) is 18.4 Å². The molecule has 0 fully saturated rings. The topological polar surface area (TPSA) is 105 Å². The first kappa shape index (κ1) is 13.1. The Morgan fingerprint density at radius 2 is 2.06 bits per heavy atom. The fourth-order valence-corrected chi connectivity index (χ4v) is 1.20. The Kier molecular flexibility index (Phi) is 5.09. The van der Waals surface area contributed by atoms with Crippen LogP contribution in [-0.2, 0) is 16.1 Å². The van der Waals surface area contributed by atoms with Crippen LogP contribution < -0.4 is 11.1 Å². The Balaban J connectivity index is 2.24. The smallest absolute Gasteiger partial charge is 0.320 e. The van der Waals surface area contributed by atoms with Crippen LogP contribution in [0.2, 0.25) is 0 Å². The number of carboxylic acids is 1. The summed E-state index contributed by atoms with van der Waals surface area (Å²) in [6, 6.07) is 2.61. The van der Waals surface area contributed by atoms with Crippen LogP contribution in [0.3, 0.4) is 0 Å². The molecule has 1 aromatic heterocycles. The van der Waals surface area contributed by atoms with Crippen LogP contribution >= 0.6 is 0 Å². The zero-order valence-electron chi connectivity index (χ0n) is 9.30. The first-order valence-electron chi connectivity index (χ1n) is 5.23. The lowest BCUT2D eigenvalue weighted by Gasteiger charge is -2.07. The van der Waals surface area contributed by atoms with Crippen LogP contribution in [0.25, 0.3) is 0 Å². The fourth-order valence-electron chi connectivity index (χ4n) is 1.20. The second-order valence-electron chi connectivity index (χ2n) is 3.62. The molecule has 0 spiro atoms. The third-order valence-corrected chi connectivity index (χ3v) is 2.24. The van der Waals surface area contributed by atoms with Gasteiger partial charge in [-0.15, -0.1) is 0 Å². The number of aromatic nitrogens is 1. The van der Waals surface area contributed by atoms with Crippen molar-refractivity contribution in [3.8, 4) is 0 Å². The van der Waals surface area contributed by atoms with E-state index in [0.29, 0.717) is 6.54 Å². The summed E-state index contributed by atoms with van der Waals surface area (Å²) in [5, 5.41) is 11.2. The van der Waals surface area contributed by atoms with Crippen molar-refractivity contribution in [3.05, 3.63) is 30.1 Å². The molecule has 0 aromatic carbocycles. The standard InChI is InChI=1S/C11H15N3O3/c12-9(11(16)17)1-2-10(15)14-7-8-3-5-13-6-4-8/h3-6,9H,1-2,7,12H2,(H,14,15)(H,16,17)/t9-/m0/s1. The number of carbonyl (C=O) groups excluding carboxylic acids is 1. The van der Waals surface area contributed by atoms with Crippen molar-refractivity contribution in [1.82, 2.24) is 10.3 Å². The molecule has 0 radical (unpaired) electrons. The van der Waals surface area contributed by atoms with E-state index in [2.05, 4.69) is 10.3 Å². The number of carboxylic acid groups (broad SMARTS) is 1. The minimum atomic E-state index is -1.09. The number of pyridine rings is 1. The highest BCUT2D eigenvalue weighted by molar-refractivity contribution is 5.78. The number of aliphatic carboxylic acids is 1. The van der Waals surface area contributed by atoms with Gasteiger partial charge in [-0.3, -0.25) is 14.6 Å². The molecule has 1 heterocycles. The van der Waals surface area contributed by atoms with Crippen LogP contribution in [0, 0.1) is 0 Å². The minimum absolute atomic E-state index is 0.110. The first-order chi connectivity index (χ1) is 8.09. The van der Waals surface area contributed by atoms with Gasteiger partial charge in [-0.2, -0.15) is 0 Å². The SMILES string of the molecule is N[C@@H](CCC(=O)NCc1ccncc1)C(=O)O. The third kappa shape index (κ3) is 5.07. The van der Waals surface area contributed by atoms with E-state index in [4.69, 9.17) is 10.8 Å². The molecular formula is C11H15N3O3. The van der Waals surface area contributed by atoms with Gasteiger partial charge in [0.05, 0.1) is 0 Å². The average Bonchev–Trinajstić information content (AvgIpc) is 2.34. The monoisotopic (exact) mass is 237 g/mol. The highest BCUT2D eigenvalue weighted by atomic mass is 16.4. The maximum absolute atomic E-state index is 11.4. The second kappa shape index (κ2) is 6.59. The van der Waals surface area contributed by atoms with Crippen LogP contribution in [-0.4, -0.2) is 28.0 Å². The molecule has 92 valence electrons. The molecule has 4 N–H and O–H groups in total. The maximum Gasteiger partial charge on any atom is 0.320 e. The zero-order chi connectivity index (χ0) is 12.7. The van der Waals surface area contributed by atoms with Gasteiger partial charge in [-0.05, 0) is 24.1 Å². The zero-order valence-corrected chi connectivity index (χ0v) is 9.30. The molecule has 0 saturated carbocycles. The maximum atomic E-state index is 11.4. The summed E-state index contributed by atoms with van der Waals surface area (Å²) < 4.78 is 0. The fraction of sp³-hybridized carbons (Fsp3) is 0.364. The van der Waals surface area contributed by atoms with Gasteiger partial charge in [-0.25, -0.2) is 0 Å². The van der Waals surface area contributed by atoms with Crippen molar-refractivity contribution < 1.29 is 14.7 Å². The molecule has 1 rings (SSSR count). The van der Waals surface area contributed by atoms with E-state index in [1.54, 1.807) is 24.5 Å². The van der Waals surface area contributed by atoms with Crippen molar-refractivity contribution >= 4 is 11.9 Å². The molecule has 1 atom stereocenters. The summed E-state index contributed by atoms with van der Waals surface area (Å²) in [5.74, 6) is -1.30. The lowest BCUT2D eigenvalue weighted by Crippen LogP contribution is -2.32. The Bertz CT molecular complexity index is 381. The molecule has 0 aliphatic carbocycles. The van der Waals surface area contributed by atoms with E-state index >= 15 is 0 Å². The second-order valence-corrected chi connectivity index (χ2v) is 3.62. The number of amides is 1. The molecular weight excluding hydrogens is 222 g/mol. The largest absolute Gasteiger partial charge is 0.480 e. The third-order valence-electron chi connectivity index (χ3n) is 2.24. The minimum Gasteiger partial charge on any atom is -0.480 e. The van der Waals surface area contributed by atoms with E-state index in [1.807, 2.05) is 0 Å². The number of hydrogen-bond acceptors (Lipinski definition) is 4. The quantitative estimate of drug-likeness (QED) is 0.640. The van der Waals surface area contributed by atoms with Gasteiger partial charge in [0.15, 0.2) is 0 Å². The molecule has 0 bridgehead atoms. The van der Waals surface area contributed by atoms with Crippen molar-refractivity contribution in [2.24, 2.45) is 5.73 Å². The van der Waals surface area contributed by atoms with E-state index in [-0.39, 0.29) is 18.7 Å². The number of carbonyl (C=O) groups is 2. The van der Waals surface area contributed by atoms with Gasteiger partial charge in [-0.1, -0.05) is 0 Å². The van der Waals surface area contributed by atoms with Crippen LogP contribution in [0.4, 0.5) is 0 Å². The Morgan fingerprint density at radius 3 is 2.65 bits per heavy atom. The predicted octanol–water partition coefficient (Wildman–Crippen LogP) is -0.110. The van der Waals surface area contributed by atoms with E-state index < -0.39 is 12.0 Å². The number of nitrogens with one attached hydrogen (secondary N) is 1. The van der Waals surface area contributed by atoms with Gasteiger partial charge in [0.2, 0.25) is 5.91 Å². The summed E-state index contributed by atoms with van der Waals surface area (Å²) in [6.07, 6.45) is 3.53. The summed E-state index contributed by atoms with van der Waals surface area (Å²) in [4.78, 5) is 25.7. The molecule has 17 heavy (non-hydrogen) atoms. The average molecular weight is 237 g/mol. The van der Waals surface area contributed by atoms with Crippen molar-refractivity contribution in [2.75, 3.05) is 0 Å². The summed E-state index contributed by atoms with van der Waals surface area (Å²) in [7, 11) is 0. The van der Waals surface area contributed by atoms with Gasteiger partial charge >= 0.3 is 5.97 Å². The van der Waals surface area contributed by atoms with Gasteiger partial charge in [0.25, 0.3) is 0 Å². The van der Waals surface area contributed by atoms with E-state index in [9.17, 15) is 9.59 Å². The predicted molar refractivity (Wildman–Crippen MR) is 60.9 cm³/mol.